The Morgan fingerprint density at radius 3 is 2.53 bits per heavy atom. The molecule has 94 valence electrons. The van der Waals surface area contributed by atoms with E-state index in [0.717, 1.165) is 42.4 Å². The standard InChI is InChI=1S/C14H20BrNO/c1-3-10-16(11-9-15)14(17)13-8-6-5-7-12(13)4-2/h5-8H,3-4,9-11H2,1-2H3. The van der Waals surface area contributed by atoms with E-state index in [-0.39, 0.29) is 5.91 Å². The lowest BCUT2D eigenvalue weighted by atomic mass is 10.0. The third-order valence-electron chi connectivity index (χ3n) is 2.76. The summed E-state index contributed by atoms with van der Waals surface area (Å²) in [6.45, 7) is 5.77. The Kier molecular flexibility index (Phi) is 6.27. The van der Waals surface area contributed by atoms with Crippen LogP contribution < -0.4 is 0 Å². The van der Waals surface area contributed by atoms with Crippen molar-refractivity contribution in [2.75, 3.05) is 18.4 Å². The lowest BCUT2D eigenvalue weighted by molar-refractivity contribution is 0.0765. The van der Waals surface area contributed by atoms with Crippen LogP contribution in [-0.4, -0.2) is 29.2 Å². The largest absolute Gasteiger partial charge is 0.338 e. The molecule has 0 bridgehead atoms. The molecular weight excluding hydrogens is 278 g/mol. The van der Waals surface area contributed by atoms with E-state index in [0.29, 0.717) is 0 Å². The molecule has 1 rings (SSSR count). The summed E-state index contributed by atoms with van der Waals surface area (Å²) in [5.74, 6) is 0.156. The summed E-state index contributed by atoms with van der Waals surface area (Å²) in [4.78, 5) is 14.3. The van der Waals surface area contributed by atoms with Crippen molar-refractivity contribution >= 4 is 21.8 Å². The second-order valence-corrected chi connectivity index (χ2v) is 4.78. The van der Waals surface area contributed by atoms with Gasteiger partial charge in [0.15, 0.2) is 0 Å². The van der Waals surface area contributed by atoms with Gasteiger partial charge in [-0.2, -0.15) is 0 Å². The highest BCUT2D eigenvalue weighted by Crippen LogP contribution is 2.13. The monoisotopic (exact) mass is 297 g/mol. The van der Waals surface area contributed by atoms with Gasteiger partial charge < -0.3 is 4.90 Å². The molecule has 0 atom stereocenters. The third kappa shape index (κ3) is 3.84. The number of hydrogen-bond donors (Lipinski definition) is 0. The first-order chi connectivity index (χ1) is 8.24. The molecule has 0 saturated heterocycles. The van der Waals surface area contributed by atoms with Crippen LogP contribution in [0.3, 0.4) is 0 Å². The molecule has 3 heteroatoms. The van der Waals surface area contributed by atoms with E-state index in [9.17, 15) is 4.79 Å². The summed E-state index contributed by atoms with van der Waals surface area (Å²) in [5.41, 5.74) is 1.98. The summed E-state index contributed by atoms with van der Waals surface area (Å²) in [6, 6.07) is 7.89. The fraction of sp³-hybridized carbons (Fsp3) is 0.500. The number of carbonyl (C=O) groups is 1. The second-order valence-electron chi connectivity index (χ2n) is 3.99. The van der Waals surface area contributed by atoms with Crippen LogP contribution in [0.4, 0.5) is 0 Å². The van der Waals surface area contributed by atoms with Crippen LogP contribution in [0.5, 0.6) is 0 Å². The highest BCUT2D eigenvalue weighted by Gasteiger charge is 2.16. The van der Waals surface area contributed by atoms with Gasteiger partial charge in [0, 0.05) is 24.0 Å². The molecule has 0 radical (unpaired) electrons. The van der Waals surface area contributed by atoms with Gasteiger partial charge in [-0.05, 0) is 24.5 Å². The van der Waals surface area contributed by atoms with Crippen molar-refractivity contribution in [1.29, 1.82) is 0 Å². The molecule has 0 spiro atoms. The molecule has 0 N–H and O–H groups in total. The number of hydrogen-bond acceptors (Lipinski definition) is 1. The molecule has 0 saturated carbocycles. The van der Waals surface area contributed by atoms with Crippen molar-refractivity contribution in [1.82, 2.24) is 4.90 Å². The molecule has 0 heterocycles. The normalized spacial score (nSPS) is 10.3. The van der Waals surface area contributed by atoms with Gasteiger partial charge >= 0.3 is 0 Å². The number of alkyl halides is 1. The second kappa shape index (κ2) is 7.49. The number of halogens is 1. The molecule has 1 aromatic carbocycles. The van der Waals surface area contributed by atoms with Gasteiger partial charge in [0.2, 0.25) is 0 Å². The molecule has 1 aromatic rings. The minimum Gasteiger partial charge on any atom is -0.338 e. The molecule has 0 aliphatic carbocycles. The first-order valence-electron chi connectivity index (χ1n) is 6.17. The summed E-state index contributed by atoms with van der Waals surface area (Å²) >= 11 is 3.40. The van der Waals surface area contributed by atoms with Gasteiger partial charge in [0.25, 0.3) is 5.91 Å². The van der Waals surface area contributed by atoms with Crippen molar-refractivity contribution < 1.29 is 4.79 Å². The van der Waals surface area contributed by atoms with Gasteiger partial charge in [-0.15, -0.1) is 0 Å². The van der Waals surface area contributed by atoms with Gasteiger partial charge in [-0.25, -0.2) is 0 Å². The Bertz CT molecular complexity index is 359. The van der Waals surface area contributed by atoms with E-state index in [2.05, 4.69) is 29.8 Å². The van der Waals surface area contributed by atoms with E-state index < -0.39 is 0 Å². The van der Waals surface area contributed by atoms with Crippen LogP contribution in [0.15, 0.2) is 24.3 Å². The zero-order valence-corrected chi connectivity index (χ0v) is 12.2. The molecule has 0 unspecified atom stereocenters. The minimum absolute atomic E-state index is 0.156. The summed E-state index contributed by atoms with van der Waals surface area (Å²) < 4.78 is 0. The van der Waals surface area contributed by atoms with Crippen molar-refractivity contribution in [2.45, 2.75) is 26.7 Å². The number of amides is 1. The summed E-state index contributed by atoms with van der Waals surface area (Å²) in [7, 11) is 0. The Labute approximate surface area is 112 Å². The fourth-order valence-corrected chi connectivity index (χ4v) is 2.32. The molecule has 1 amide bonds. The molecule has 0 aliphatic heterocycles. The van der Waals surface area contributed by atoms with Crippen LogP contribution in [-0.2, 0) is 6.42 Å². The van der Waals surface area contributed by atoms with Crippen LogP contribution >= 0.6 is 15.9 Å². The molecule has 2 nitrogen and oxygen atoms in total. The topological polar surface area (TPSA) is 20.3 Å². The zero-order valence-electron chi connectivity index (χ0n) is 10.6. The molecule has 0 fully saturated rings. The predicted molar refractivity (Wildman–Crippen MR) is 75.8 cm³/mol. The maximum atomic E-state index is 12.4. The van der Waals surface area contributed by atoms with Gasteiger partial charge in [0.05, 0.1) is 0 Å². The lowest BCUT2D eigenvalue weighted by Crippen LogP contribution is -2.34. The number of carbonyl (C=O) groups excluding carboxylic acids is 1. The Morgan fingerprint density at radius 2 is 1.94 bits per heavy atom. The number of benzene rings is 1. The fourth-order valence-electron chi connectivity index (χ4n) is 1.89. The van der Waals surface area contributed by atoms with Crippen LogP contribution in [0.25, 0.3) is 0 Å². The average molecular weight is 298 g/mol. The van der Waals surface area contributed by atoms with E-state index in [1.807, 2.05) is 29.2 Å². The van der Waals surface area contributed by atoms with E-state index in [1.165, 1.54) is 0 Å². The maximum absolute atomic E-state index is 12.4. The summed E-state index contributed by atoms with van der Waals surface area (Å²) in [5, 5.41) is 0.826. The molecule has 17 heavy (non-hydrogen) atoms. The Hall–Kier alpha value is -0.830. The smallest absolute Gasteiger partial charge is 0.254 e. The van der Waals surface area contributed by atoms with E-state index in [4.69, 9.17) is 0 Å². The SMILES string of the molecule is CCCN(CCBr)C(=O)c1ccccc1CC. The highest BCUT2D eigenvalue weighted by molar-refractivity contribution is 9.09. The van der Waals surface area contributed by atoms with Crippen LogP contribution in [0.1, 0.15) is 36.2 Å². The lowest BCUT2D eigenvalue weighted by Gasteiger charge is -2.22. The zero-order chi connectivity index (χ0) is 12.7. The number of aryl methyl sites for hydroxylation is 1. The number of nitrogens with zero attached hydrogens (tertiary/aromatic N) is 1. The molecule has 0 aliphatic rings. The van der Waals surface area contributed by atoms with Crippen molar-refractivity contribution in [3.05, 3.63) is 35.4 Å². The Morgan fingerprint density at radius 1 is 1.24 bits per heavy atom. The maximum Gasteiger partial charge on any atom is 0.254 e. The molecular formula is C14H20BrNO. The van der Waals surface area contributed by atoms with Gasteiger partial charge in [-0.3, -0.25) is 4.79 Å². The minimum atomic E-state index is 0.156. The average Bonchev–Trinajstić information content (AvgIpc) is 2.37. The van der Waals surface area contributed by atoms with E-state index >= 15 is 0 Å². The van der Waals surface area contributed by atoms with Crippen LogP contribution in [0.2, 0.25) is 0 Å². The van der Waals surface area contributed by atoms with E-state index in [1.54, 1.807) is 0 Å². The quantitative estimate of drug-likeness (QED) is 0.736. The van der Waals surface area contributed by atoms with Gasteiger partial charge in [-0.1, -0.05) is 48.0 Å². The summed E-state index contributed by atoms with van der Waals surface area (Å²) in [6.07, 6.45) is 1.89. The molecule has 0 aromatic heterocycles. The predicted octanol–water partition coefficient (Wildman–Crippen LogP) is 3.50. The number of rotatable bonds is 6. The first-order valence-corrected chi connectivity index (χ1v) is 7.29. The van der Waals surface area contributed by atoms with Crippen molar-refractivity contribution in [3.8, 4) is 0 Å². The van der Waals surface area contributed by atoms with Crippen LogP contribution in [0, 0.1) is 0 Å². The first kappa shape index (κ1) is 14.2. The van der Waals surface area contributed by atoms with Gasteiger partial charge in [0.1, 0.15) is 0 Å². The third-order valence-corrected chi connectivity index (χ3v) is 3.12. The Balaban J connectivity index is 2.92. The highest BCUT2D eigenvalue weighted by atomic mass is 79.9. The van der Waals surface area contributed by atoms with Crippen molar-refractivity contribution in [2.24, 2.45) is 0 Å². The van der Waals surface area contributed by atoms with Crippen molar-refractivity contribution in [3.63, 3.8) is 0 Å².